The van der Waals surface area contributed by atoms with E-state index in [-0.39, 0.29) is 10.7 Å². The number of hydrogen-bond acceptors (Lipinski definition) is 5. The largest absolute Gasteiger partial charge is 0.433 e. The summed E-state index contributed by atoms with van der Waals surface area (Å²) >= 11 is 11.1. The Kier molecular flexibility index (Phi) is 5.13. The highest BCUT2D eigenvalue weighted by atomic mass is 35.5. The van der Waals surface area contributed by atoms with Crippen LogP contribution in [0.4, 0.5) is 5.88 Å². The van der Waals surface area contributed by atoms with Crippen LogP contribution < -0.4 is 0 Å². The highest BCUT2D eigenvalue weighted by molar-refractivity contribution is 8.03. The lowest BCUT2D eigenvalue weighted by atomic mass is 10.1. The molecule has 0 saturated heterocycles. The van der Waals surface area contributed by atoms with Gasteiger partial charge < -0.3 is 4.42 Å². The highest BCUT2D eigenvalue weighted by Crippen LogP contribution is 2.33. The number of benzene rings is 1. The Balaban J connectivity index is 2.60. The van der Waals surface area contributed by atoms with E-state index in [4.69, 9.17) is 27.6 Å². The average molecular weight is 376 g/mol. The topological polar surface area (TPSA) is 90.4 Å². The monoisotopic (exact) mass is 375 g/mol. The molecule has 2 aromatic rings. The summed E-state index contributed by atoms with van der Waals surface area (Å²) in [6.45, 7) is 1.88. The summed E-state index contributed by atoms with van der Waals surface area (Å²) in [6, 6.07) is 9.22. The predicted octanol–water partition coefficient (Wildman–Crippen LogP) is 4.17. The van der Waals surface area contributed by atoms with Crippen molar-refractivity contribution in [1.29, 1.82) is 0 Å². The van der Waals surface area contributed by atoms with E-state index >= 15 is 0 Å². The van der Waals surface area contributed by atoms with E-state index in [0.29, 0.717) is 5.56 Å². The van der Waals surface area contributed by atoms with Crippen LogP contribution in [-0.2, 0) is 9.84 Å². The summed E-state index contributed by atoms with van der Waals surface area (Å²) in [5, 5.41) is 10.7. The van der Waals surface area contributed by atoms with Crippen LogP contribution in [0.25, 0.3) is 11.0 Å². The number of aryl methyl sites for hydroxylation is 1. The Hall–Kier alpha value is -1.83. The van der Waals surface area contributed by atoms with Gasteiger partial charge in [-0.1, -0.05) is 53.0 Å². The van der Waals surface area contributed by atoms with Crippen molar-refractivity contribution < 1.29 is 17.8 Å². The molecule has 2 rings (SSSR count). The summed E-state index contributed by atoms with van der Waals surface area (Å²) in [6.07, 6.45) is 1.30. The molecule has 0 radical (unpaired) electrons. The molecular weight excluding hydrogens is 365 g/mol. The Bertz CT molecular complexity index is 854. The summed E-state index contributed by atoms with van der Waals surface area (Å²) in [7, 11) is -4.14. The van der Waals surface area contributed by atoms with Crippen molar-refractivity contribution in [3.8, 4) is 0 Å². The van der Waals surface area contributed by atoms with Gasteiger partial charge in [-0.15, -0.1) is 0 Å². The van der Waals surface area contributed by atoms with Crippen LogP contribution >= 0.6 is 23.2 Å². The minimum Gasteiger partial charge on any atom is -0.400 e. The average Bonchev–Trinajstić information content (AvgIpc) is 2.95. The molecule has 0 unspecified atom stereocenters. The van der Waals surface area contributed by atoms with Gasteiger partial charge in [-0.25, -0.2) is 8.42 Å². The summed E-state index contributed by atoms with van der Waals surface area (Å²) < 4.78 is 27.9. The number of halogens is 2. The molecule has 0 atom stereocenters. The lowest BCUT2D eigenvalue weighted by Gasteiger charge is -2.07. The van der Waals surface area contributed by atoms with E-state index in [1.54, 1.807) is 24.3 Å². The molecule has 1 aromatic carbocycles. The number of nitro groups is 1. The second kappa shape index (κ2) is 6.74. The van der Waals surface area contributed by atoms with Crippen molar-refractivity contribution in [3.05, 3.63) is 63.4 Å². The Morgan fingerprint density at radius 1 is 1.22 bits per heavy atom. The molecule has 0 spiro atoms. The van der Waals surface area contributed by atoms with E-state index in [1.165, 1.54) is 12.1 Å². The number of sulfone groups is 1. The van der Waals surface area contributed by atoms with Crippen LogP contribution in [0, 0.1) is 17.0 Å². The fourth-order valence-electron chi connectivity index (χ4n) is 1.76. The van der Waals surface area contributed by atoms with Gasteiger partial charge in [0.25, 0.3) is 0 Å². The van der Waals surface area contributed by atoms with Crippen molar-refractivity contribution in [2.24, 2.45) is 0 Å². The molecule has 0 saturated carbocycles. The molecule has 0 N–H and O–H groups in total. The maximum Gasteiger partial charge on any atom is 0.433 e. The quantitative estimate of drug-likeness (QED) is 0.444. The van der Waals surface area contributed by atoms with Crippen LogP contribution in [0.5, 0.6) is 0 Å². The molecule has 0 bridgehead atoms. The number of furan rings is 1. The zero-order chi connectivity index (χ0) is 17.2. The Morgan fingerprint density at radius 3 is 2.30 bits per heavy atom. The van der Waals surface area contributed by atoms with Gasteiger partial charge in [0.05, 0.1) is 6.07 Å². The van der Waals surface area contributed by atoms with Crippen molar-refractivity contribution >= 4 is 49.9 Å². The molecule has 0 aliphatic carbocycles. The molecule has 9 heteroatoms. The van der Waals surface area contributed by atoms with Gasteiger partial charge in [-0.05, 0) is 24.6 Å². The molecule has 6 nitrogen and oxygen atoms in total. The van der Waals surface area contributed by atoms with Crippen LogP contribution in [0.1, 0.15) is 16.9 Å². The Labute approximate surface area is 142 Å². The van der Waals surface area contributed by atoms with E-state index in [1.807, 2.05) is 6.92 Å². The molecule has 0 amide bonds. The second-order valence-corrected chi connectivity index (χ2v) is 8.23. The summed E-state index contributed by atoms with van der Waals surface area (Å²) in [4.78, 5) is 9.61. The smallest absolute Gasteiger partial charge is 0.400 e. The highest BCUT2D eigenvalue weighted by Gasteiger charge is 2.30. The number of nitrogens with zero attached hydrogens (tertiary/aromatic N) is 1. The zero-order valence-corrected chi connectivity index (χ0v) is 14.1. The van der Waals surface area contributed by atoms with Crippen LogP contribution in [0.15, 0.2) is 40.8 Å². The first kappa shape index (κ1) is 17.5. The van der Waals surface area contributed by atoms with Crippen LogP contribution in [0.3, 0.4) is 0 Å². The van der Waals surface area contributed by atoms with Gasteiger partial charge in [-0.3, -0.25) is 10.1 Å². The third-order valence-corrected chi connectivity index (χ3v) is 5.74. The first-order chi connectivity index (χ1) is 10.7. The van der Waals surface area contributed by atoms with E-state index in [0.717, 1.165) is 11.6 Å². The maximum atomic E-state index is 12.3. The fourth-order valence-corrected chi connectivity index (χ4v) is 3.22. The summed E-state index contributed by atoms with van der Waals surface area (Å²) in [5.74, 6) is -0.783. The normalized spacial score (nSPS) is 12.6. The van der Waals surface area contributed by atoms with Gasteiger partial charge in [0.1, 0.15) is 9.83 Å². The Morgan fingerprint density at radius 2 is 1.83 bits per heavy atom. The standard InChI is InChI=1S/C14H11Cl2NO5S/c1-9-2-4-10(5-3-9)8-12(23(20,21)14(15)16)11-6-7-13(22-11)17(18)19/h2-8,14H,1H3/b12-8+. The van der Waals surface area contributed by atoms with Crippen molar-refractivity contribution in [2.75, 3.05) is 0 Å². The third kappa shape index (κ3) is 3.93. The first-order valence-electron chi connectivity index (χ1n) is 6.27. The van der Waals surface area contributed by atoms with E-state index in [2.05, 4.69) is 0 Å². The molecule has 23 heavy (non-hydrogen) atoms. The molecule has 0 aliphatic heterocycles. The van der Waals surface area contributed by atoms with Crippen molar-refractivity contribution in [3.63, 3.8) is 0 Å². The molecule has 122 valence electrons. The van der Waals surface area contributed by atoms with Gasteiger partial charge in [0.2, 0.25) is 14.0 Å². The number of hydrogen-bond donors (Lipinski definition) is 0. The van der Waals surface area contributed by atoms with E-state index < -0.39 is 24.8 Å². The predicted molar refractivity (Wildman–Crippen MR) is 88.8 cm³/mol. The van der Waals surface area contributed by atoms with Gasteiger partial charge >= 0.3 is 5.88 Å². The lowest BCUT2D eigenvalue weighted by Crippen LogP contribution is -2.10. The molecule has 1 heterocycles. The van der Waals surface area contributed by atoms with Crippen LogP contribution in [-0.4, -0.2) is 17.5 Å². The number of alkyl halides is 2. The van der Waals surface area contributed by atoms with Crippen molar-refractivity contribution in [1.82, 2.24) is 0 Å². The first-order valence-corrected chi connectivity index (χ1v) is 8.69. The van der Waals surface area contributed by atoms with Crippen LogP contribution in [0.2, 0.25) is 0 Å². The molecule has 1 aromatic heterocycles. The molecule has 0 fully saturated rings. The summed E-state index contributed by atoms with van der Waals surface area (Å²) in [5.41, 5.74) is 1.55. The fraction of sp³-hybridized carbons (Fsp3) is 0.143. The minimum atomic E-state index is -4.14. The number of rotatable bonds is 5. The molecular formula is C14H11Cl2NO5S. The third-order valence-electron chi connectivity index (χ3n) is 2.93. The minimum absolute atomic E-state index is 0.205. The second-order valence-electron chi connectivity index (χ2n) is 4.62. The van der Waals surface area contributed by atoms with Gasteiger partial charge in [0.15, 0.2) is 5.76 Å². The van der Waals surface area contributed by atoms with Gasteiger partial charge in [0, 0.05) is 0 Å². The molecule has 0 aliphatic rings. The SMILES string of the molecule is Cc1ccc(/C=C(\c2ccc([N+](=O)[O-])o2)S(=O)(=O)C(Cl)Cl)cc1. The van der Waals surface area contributed by atoms with Crippen molar-refractivity contribution in [2.45, 2.75) is 11.1 Å². The zero-order valence-electron chi connectivity index (χ0n) is 11.8. The van der Waals surface area contributed by atoms with Gasteiger partial charge in [-0.2, -0.15) is 0 Å². The maximum absolute atomic E-state index is 12.3. The lowest BCUT2D eigenvalue weighted by molar-refractivity contribution is -0.402. The van der Waals surface area contributed by atoms with E-state index in [9.17, 15) is 18.5 Å².